The Morgan fingerprint density at radius 2 is 1.13 bits per heavy atom. The third kappa shape index (κ3) is 12.5. The molecule has 4 aromatic carbocycles. The molecule has 6 aromatic rings. The molecule has 0 fully saturated rings. The first-order chi connectivity index (χ1) is 24.5. The van der Waals surface area contributed by atoms with Gasteiger partial charge in [0.05, 0.1) is 37.0 Å². The fourth-order valence-corrected chi connectivity index (χ4v) is 5.00. The van der Waals surface area contributed by atoms with Gasteiger partial charge in [-0.3, -0.25) is 5.32 Å². The largest absolute Gasteiger partial charge is 1.00 e. The van der Waals surface area contributed by atoms with Crippen molar-refractivity contribution in [1.29, 1.82) is 0 Å². The van der Waals surface area contributed by atoms with Gasteiger partial charge in [0, 0.05) is 77.1 Å². The van der Waals surface area contributed by atoms with E-state index in [0.717, 1.165) is 39.7 Å². The Morgan fingerprint density at radius 3 is 1.62 bits per heavy atom. The Kier molecular flexibility index (Phi) is 17.8. The van der Waals surface area contributed by atoms with Gasteiger partial charge in [-0.1, -0.05) is 35.9 Å². The summed E-state index contributed by atoms with van der Waals surface area (Å²) in [5.41, 5.74) is 9.52. The lowest BCUT2D eigenvalue weighted by molar-refractivity contribution is -0.483. The Labute approximate surface area is 327 Å². The lowest BCUT2D eigenvalue weighted by Gasteiger charge is -2.13. The van der Waals surface area contributed by atoms with Crippen LogP contribution in [0.1, 0.15) is 1.43 Å². The van der Waals surface area contributed by atoms with Crippen LogP contribution in [0.2, 0.25) is 5.15 Å². The maximum atomic E-state index is 14.1. The predicted octanol–water partition coefficient (Wildman–Crippen LogP) is 0.709. The maximum Gasteiger partial charge on any atom is 0.232 e. The van der Waals surface area contributed by atoms with E-state index in [9.17, 15) is 8.78 Å². The van der Waals surface area contributed by atoms with Crippen molar-refractivity contribution >= 4 is 40.2 Å². The molecule has 0 bridgehead atoms. The topological polar surface area (TPSA) is 121 Å². The van der Waals surface area contributed by atoms with Gasteiger partial charge in [-0.15, -0.1) is 0 Å². The molecule has 0 radical (unpaired) electrons. The number of methoxy groups -OCH3 is 2. The average Bonchev–Trinajstić information content (AvgIpc) is 3.12. The van der Waals surface area contributed by atoms with Crippen LogP contribution < -0.4 is 55.1 Å². The second-order valence-electron chi connectivity index (χ2n) is 11.4. The highest BCUT2D eigenvalue weighted by Gasteiger charge is 2.13. The van der Waals surface area contributed by atoms with Crippen molar-refractivity contribution in [3.63, 3.8) is 0 Å². The van der Waals surface area contributed by atoms with E-state index in [2.05, 4.69) is 25.7 Å². The number of benzene rings is 4. The van der Waals surface area contributed by atoms with E-state index in [0.29, 0.717) is 28.0 Å². The lowest BCUT2D eigenvalue weighted by Crippen LogP contribution is -3.00. The molecule has 0 saturated heterocycles. The summed E-state index contributed by atoms with van der Waals surface area (Å²) >= 11 is 5.80. The monoisotopic (exact) mass is 786 g/mol. The summed E-state index contributed by atoms with van der Waals surface area (Å²) in [5, 5.41) is 2.24. The summed E-state index contributed by atoms with van der Waals surface area (Å²) in [4.78, 5) is 20.0. The first-order valence-corrected chi connectivity index (χ1v) is 16.0. The highest BCUT2D eigenvalue weighted by molar-refractivity contribution is 6.29. The molecule has 0 saturated carbocycles. The molecule has 0 unspecified atom stereocenters. The molecule has 6 rings (SSSR count). The molecule has 15 heteroatoms. The molecule has 0 atom stereocenters. The van der Waals surface area contributed by atoms with Gasteiger partial charge in [0.25, 0.3) is 0 Å². The van der Waals surface area contributed by atoms with Gasteiger partial charge in [0.1, 0.15) is 40.7 Å². The Hall–Kier alpha value is -5.11. The van der Waals surface area contributed by atoms with Crippen molar-refractivity contribution in [2.24, 2.45) is 0 Å². The first-order valence-electron chi connectivity index (χ1n) is 15.7. The predicted molar refractivity (Wildman–Crippen MR) is 200 cm³/mol. The highest BCUT2D eigenvalue weighted by atomic mass is 35.5. The minimum Gasteiger partial charge on any atom is -1.00 e. The van der Waals surface area contributed by atoms with Crippen LogP contribution in [0.3, 0.4) is 0 Å². The minimum absolute atomic E-state index is 0. The van der Waals surface area contributed by atoms with E-state index in [-0.39, 0.29) is 37.9 Å². The number of hydrogen-bond acceptors (Lipinski definition) is 8. The molecule has 2 heterocycles. The summed E-state index contributed by atoms with van der Waals surface area (Å²) in [6, 6.07) is 28.9. The molecule has 0 spiro atoms. The SMILES string of the molecule is CN(C)c1ccc([NH3+])cc1F.COc1ccccc1-c1cc(Cl)ncn1.COc1ccccc1-c1cc([NH2+]c2ccc(N(C)C)c(F)c2)ncn1.[Cl-].[Cl-].[HH]. The third-order valence-corrected chi connectivity index (χ3v) is 7.56. The van der Waals surface area contributed by atoms with E-state index < -0.39 is 0 Å². The number of ether oxygens (including phenoxy) is 2. The summed E-state index contributed by atoms with van der Waals surface area (Å²) in [6.07, 6.45) is 2.93. The van der Waals surface area contributed by atoms with Crippen LogP contribution in [0.5, 0.6) is 11.5 Å². The number of nitrogens with zero attached hydrogens (tertiary/aromatic N) is 6. The molecule has 0 aliphatic heterocycles. The first kappa shape index (κ1) is 44.1. The molecule has 282 valence electrons. The molecule has 0 amide bonds. The van der Waals surface area contributed by atoms with Crippen molar-refractivity contribution in [2.45, 2.75) is 0 Å². The number of hydrogen-bond donors (Lipinski definition) is 2. The van der Waals surface area contributed by atoms with Crippen molar-refractivity contribution in [1.82, 2.24) is 19.9 Å². The zero-order chi connectivity index (χ0) is 36.9. The van der Waals surface area contributed by atoms with Gasteiger partial charge in [0.2, 0.25) is 5.82 Å². The van der Waals surface area contributed by atoms with E-state index in [4.69, 9.17) is 21.1 Å². The van der Waals surface area contributed by atoms with E-state index in [1.807, 2.05) is 80.1 Å². The van der Waals surface area contributed by atoms with Crippen LogP contribution >= 0.6 is 11.6 Å². The molecule has 10 nitrogen and oxygen atoms in total. The van der Waals surface area contributed by atoms with Crippen LogP contribution in [0, 0.1) is 11.6 Å². The summed E-state index contributed by atoms with van der Waals surface area (Å²) in [6.45, 7) is 0. The number of halogens is 5. The molecular formula is C38H43Cl3F2N8O2. The minimum atomic E-state index is -0.266. The fourth-order valence-electron chi connectivity index (χ4n) is 4.85. The number of nitrogens with two attached hydrogens (primary N) is 1. The van der Waals surface area contributed by atoms with Crippen LogP contribution in [-0.2, 0) is 0 Å². The summed E-state index contributed by atoms with van der Waals surface area (Å²) in [7, 11) is 10.5. The average molecular weight is 788 g/mol. The highest BCUT2D eigenvalue weighted by Crippen LogP contribution is 2.29. The molecule has 5 N–H and O–H groups in total. The van der Waals surface area contributed by atoms with Gasteiger partial charge in [0.15, 0.2) is 11.6 Å². The van der Waals surface area contributed by atoms with Crippen molar-refractivity contribution in [2.75, 3.05) is 52.2 Å². The smallest absolute Gasteiger partial charge is 0.232 e. The number of anilines is 2. The standard InChI is InChI=1S/C19H19FN4O.C11H9ClN2O.C8H11FN2.2ClH.H2/c1-24(2)17-9-8-13(10-15(17)20)23-19-11-16(21-12-22-19)14-6-4-5-7-18(14)25-3;1-15-10-5-3-2-4-8(10)9-6-11(12)14-7-13-9;1-11(2)8-4-3-6(10)5-7(8)9;;;/h4-12H,1-3H3,(H,21,22,23);2-7H,1H3;3-5H,10H2,1-2H3;3*1H. The van der Waals surface area contributed by atoms with E-state index in [1.54, 1.807) is 62.4 Å². The van der Waals surface area contributed by atoms with Gasteiger partial charge in [-0.25, -0.2) is 23.7 Å². The van der Waals surface area contributed by atoms with Gasteiger partial charge < -0.3 is 49.8 Å². The quantitative estimate of drug-likeness (QED) is 0.171. The second-order valence-corrected chi connectivity index (χ2v) is 11.8. The van der Waals surface area contributed by atoms with Crippen molar-refractivity contribution < 1.29 is 55.5 Å². The Balaban J connectivity index is 0.000000431. The van der Waals surface area contributed by atoms with Crippen LogP contribution in [0.4, 0.5) is 37.3 Å². The van der Waals surface area contributed by atoms with E-state index >= 15 is 0 Å². The number of quaternary nitrogens is 2. The number of para-hydroxylation sites is 2. The molecule has 53 heavy (non-hydrogen) atoms. The molecular weight excluding hydrogens is 745 g/mol. The second kappa shape index (κ2) is 21.4. The van der Waals surface area contributed by atoms with Crippen LogP contribution in [-0.4, -0.2) is 62.3 Å². The molecule has 2 aromatic heterocycles. The van der Waals surface area contributed by atoms with Crippen LogP contribution in [0.25, 0.3) is 22.5 Å². The molecule has 0 aliphatic carbocycles. The summed E-state index contributed by atoms with van der Waals surface area (Å²) < 4.78 is 37.8. The Morgan fingerprint density at radius 1 is 0.642 bits per heavy atom. The number of rotatable bonds is 8. The Bertz CT molecular complexity index is 2070. The van der Waals surface area contributed by atoms with Crippen LogP contribution in [0.15, 0.2) is 110 Å². The van der Waals surface area contributed by atoms with E-state index in [1.165, 1.54) is 24.8 Å². The van der Waals surface area contributed by atoms with Gasteiger partial charge >= 0.3 is 0 Å². The van der Waals surface area contributed by atoms with Crippen molar-refractivity contribution in [3.8, 4) is 34.0 Å². The van der Waals surface area contributed by atoms with Crippen molar-refractivity contribution in [3.05, 3.63) is 127 Å². The summed E-state index contributed by atoms with van der Waals surface area (Å²) in [5.74, 6) is 1.73. The van der Waals surface area contributed by atoms with Gasteiger partial charge in [-0.05, 0) is 36.4 Å². The number of aromatic nitrogens is 4. The maximum absolute atomic E-state index is 14.1. The fraction of sp³-hybridized carbons (Fsp3) is 0.158. The molecule has 0 aliphatic rings. The van der Waals surface area contributed by atoms with Gasteiger partial charge in [-0.2, -0.15) is 4.98 Å². The zero-order valence-corrected chi connectivity index (χ0v) is 32.3. The lowest BCUT2D eigenvalue weighted by atomic mass is 10.1. The normalized spacial score (nSPS) is 9.85. The third-order valence-electron chi connectivity index (χ3n) is 7.35. The zero-order valence-electron chi connectivity index (χ0n) is 30.1.